The Labute approximate surface area is 136 Å². The van der Waals surface area contributed by atoms with Crippen molar-refractivity contribution in [2.45, 2.75) is 33.5 Å². The molecular weight excluding hydrogens is 292 g/mol. The number of benzene rings is 1. The highest BCUT2D eigenvalue weighted by Gasteiger charge is 2.07. The van der Waals surface area contributed by atoms with Gasteiger partial charge in [0.25, 0.3) is 0 Å². The Hall–Kier alpha value is -2.34. The van der Waals surface area contributed by atoms with E-state index in [9.17, 15) is 4.79 Å². The molecule has 0 saturated heterocycles. The number of carbonyl (C=O) groups excluding carboxylic acids is 1. The van der Waals surface area contributed by atoms with Crippen molar-refractivity contribution in [1.82, 2.24) is 20.2 Å². The molecule has 0 fully saturated rings. The standard InChI is InChI=1S/C17H24N4O2/c1-13-4-6-15(7-5-13)11-20-17(22)18-8-9-21-14(2)10-19-16(21)12-23-3/h4-7,10H,8-9,11-12H2,1-3H3,(H2,18,20,22). The number of urea groups is 1. The minimum atomic E-state index is -0.170. The number of aromatic nitrogens is 2. The molecule has 1 heterocycles. The first-order valence-corrected chi connectivity index (χ1v) is 7.67. The maximum atomic E-state index is 11.8. The predicted octanol–water partition coefficient (Wildman–Crippen LogP) is 2.15. The number of amides is 2. The zero-order chi connectivity index (χ0) is 16.7. The van der Waals surface area contributed by atoms with E-state index in [2.05, 4.69) is 15.6 Å². The van der Waals surface area contributed by atoms with Gasteiger partial charge in [-0.1, -0.05) is 29.8 Å². The molecule has 6 nitrogen and oxygen atoms in total. The first kappa shape index (κ1) is 17.0. The van der Waals surface area contributed by atoms with Gasteiger partial charge < -0.3 is 19.9 Å². The van der Waals surface area contributed by atoms with Crippen LogP contribution in [0.1, 0.15) is 22.6 Å². The molecule has 2 N–H and O–H groups in total. The fourth-order valence-electron chi connectivity index (χ4n) is 2.29. The van der Waals surface area contributed by atoms with E-state index in [0.29, 0.717) is 26.2 Å². The van der Waals surface area contributed by atoms with E-state index in [1.54, 1.807) is 7.11 Å². The first-order chi connectivity index (χ1) is 11.1. The summed E-state index contributed by atoms with van der Waals surface area (Å²) < 4.78 is 7.17. The van der Waals surface area contributed by atoms with Gasteiger partial charge in [0.15, 0.2) is 0 Å². The maximum absolute atomic E-state index is 11.8. The number of hydrogen-bond donors (Lipinski definition) is 2. The number of rotatable bonds is 7. The molecule has 0 atom stereocenters. The number of nitrogens with zero attached hydrogens (tertiary/aromatic N) is 2. The van der Waals surface area contributed by atoms with Crippen LogP contribution in [0.25, 0.3) is 0 Å². The van der Waals surface area contributed by atoms with E-state index in [0.717, 1.165) is 17.1 Å². The van der Waals surface area contributed by atoms with Crippen LogP contribution in [0.15, 0.2) is 30.5 Å². The van der Waals surface area contributed by atoms with Crippen molar-refractivity contribution < 1.29 is 9.53 Å². The Morgan fingerprint density at radius 3 is 2.65 bits per heavy atom. The number of nitrogens with one attached hydrogen (secondary N) is 2. The second-order valence-corrected chi connectivity index (χ2v) is 5.50. The van der Waals surface area contributed by atoms with Crippen LogP contribution in [0.4, 0.5) is 4.79 Å². The predicted molar refractivity (Wildman–Crippen MR) is 89.1 cm³/mol. The molecule has 1 aromatic heterocycles. The van der Waals surface area contributed by atoms with Gasteiger partial charge in [0.05, 0.1) is 0 Å². The zero-order valence-corrected chi connectivity index (χ0v) is 13.9. The van der Waals surface area contributed by atoms with E-state index in [1.807, 2.05) is 48.9 Å². The minimum Gasteiger partial charge on any atom is -0.377 e. The van der Waals surface area contributed by atoms with Crippen LogP contribution >= 0.6 is 0 Å². The van der Waals surface area contributed by atoms with Gasteiger partial charge in [-0.2, -0.15) is 0 Å². The summed E-state index contributed by atoms with van der Waals surface area (Å²) in [5, 5.41) is 5.71. The summed E-state index contributed by atoms with van der Waals surface area (Å²) in [5.74, 6) is 0.867. The number of carbonyl (C=O) groups is 1. The molecule has 23 heavy (non-hydrogen) atoms. The average molecular weight is 316 g/mol. The summed E-state index contributed by atoms with van der Waals surface area (Å²) in [6, 6.07) is 7.93. The van der Waals surface area contributed by atoms with Gasteiger partial charge in [-0.15, -0.1) is 0 Å². The summed E-state index contributed by atoms with van der Waals surface area (Å²) in [4.78, 5) is 16.1. The minimum absolute atomic E-state index is 0.170. The highest BCUT2D eigenvalue weighted by atomic mass is 16.5. The normalized spacial score (nSPS) is 10.6. The Balaban J connectivity index is 1.74. The van der Waals surface area contributed by atoms with E-state index < -0.39 is 0 Å². The van der Waals surface area contributed by atoms with Crippen molar-refractivity contribution >= 4 is 6.03 Å². The maximum Gasteiger partial charge on any atom is 0.315 e. The monoisotopic (exact) mass is 316 g/mol. The number of imidazole rings is 1. The Morgan fingerprint density at radius 1 is 1.22 bits per heavy atom. The van der Waals surface area contributed by atoms with E-state index in [1.165, 1.54) is 5.56 Å². The molecule has 0 spiro atoms. The number of aryl methyl sites for hydroxylation is 2. The molecule has 0 aliphatic rings. The van der Waals surface area contributed by atoms with Crippen LogP contribution in [0, 0.1) is 13.8 Å². The van der Waals surface area contributed by atoms with Crippen LogP contribution < -0.4 is 10.6 Å². The lowest BCUT2D eigenvalue weighted by atomic mass is 10.1. The number of hydrogen-bond acceptors (Lipinski definition) is 3. The molecule has 2 rings (SSSR count). The zero-order valence-electron chi connectivity index (χ0n) is 13.9. The Morgan fingerprint density at radius 2 is 1.96 bits per heavy atom. The third-order valence-electron chi connectivity index (χ3n) is 3.61. The molecule has 124 valence electrons. The third kappa shape index (κ3) is 5.10. The first-order valence-electron chi connectivity index (χ1n) is 7.67. The molecule has 0 saturated carbocycles. The van der Waals surface area contributed by atoms with Crippen molar-refractivity contribution in [3.63, 3.8) is 0 Å². The van der Waals surface area contributed by atoms with Crippen molar-refractivity contribution in [1.29, 1.82) is 0 Å². The highest BCUT2D eigenvalue weighted by molar-refractivity contribution is 5.73. The lowest BCUT2D eigenvalue weighted by molar-refractivity contribution is 0.174. The smallest absolute Gasteiger partial charge is 0.315 e. The topological polar surface area (TPSA) is 68.2 Å². The summed E-state index contributed by atoms with van der Waals surface area (Å²) in [5.41, 5.74) is 3.35. The van der Waals surface area contributed by atoms with Gasteiger partial charge in [-0.05, 0) is 19.4 Å². The van der Waals surface area contributed by atoms with Crippen molar-refractivity contribution in [3.8, 4) is 0 Å². The largest absolute Gasteiger partial charge is 0.377 e. The van der Waals surface area contributed by atoms with E-state index in [-0.39, 0.29) is 6.03 Å². The van der Waals surface area contributed by atoms with Crippen molar-refractivity contribution in [2.75, 3.05) is 13.7 Å². The molecule has 2 aromatic rings. The van der Waals surface area contributed by atoms with Gasteiger partial charge in [0.1, 0.15) is 12.4 Å². The SMILES string of the molecule is COCc1ncc(C)n1CCNC(=O)NCc1ccc(C)cc1. The quantitative estimate of drug-likeness (QED) is 0.822. The molecule has 0 bridgehead atoms. The lowest BCUT2D eigenvalue weighted by Gasteiger charge is -2.11. The molecule has 0 aliphatic heterocycles. The fourth-order valence-corrected chi connectivity index (χ4v) is 2.29. The second kappa shape index (κ2) is 8.33. The average Bonchev–Trinajstić information content (AvgIpc) is 2.88. The van der Waals surface area contributed by atoms with Crippen LogP contribution in [0.5, 0.6) is 0 Å². The van der Waals surface area contributed by atoms with Gasteiger partial charge in [-0.3, -0.25) is 0 Å². The van der Waals surface area contributed by atoms with Crippen molar-refractivity contribution in [3.05, 3.63) is 53.1 Å². The molecule has 0 unspecified atom stereocenters. The van der Waals surface area contributed by atoms with Crippen molar-refractivity contribution in [2.24, 2.45) is 0 Å². The van der Waals surface area contributed by atoms with Gasteiger partial charge >= 0.3 is 6.03 Å². The second-order valence-electron chi connectivity index (χ2n) is 5.50. The Bertz CT molecular complexity index is 635. The molecular formula is C17H24N4O2. The van der Waals surface area contributed by atoms with Crippen LogP contribution in [-0.2, 0) is 24.4 Å². The van der Waals surface area contributed by atoms with Crippen LogP contribution in [-0.4, -0.2) is 29.2 Å². The summed E-state index contributed by atoms with van der Waals surface area (Å²) in [6.07, 6.45) is 1.81. The molecule has 6 heteroatoms. The van der Waals surface area contributed by atoms with E-state index >= 15 is 0 Å². The third-order valence-corrected chi connectivity index (χ3v) is 3.61. The molecule has 0 aliphatic carbocycles. The number of ether oxygens (including phenoxy) is 1. The van der Waals surface area contributed by atoms with Gasteiger partial charge in [0, 0.05) is 38.6 Å². The van der Waals surface area contributed by atoms with Crippen LogP contribution in [0.3, 0.4) is 0 Å². The fraction of sp³-hybridized carbons (Fsp3) is 0.412. The summed E-state index contributed by atoms with van der Waals surface area (Å²) in [6.45, 7) is 6.22. The molecule has 0 radical (unpaired) electrons. The number of methoxy groups -OCH3 is 1. The lowest BCUT2D eigenvalue weighted by Crippen LogP contribution is -2.37. The summed E-state index contributed by atoms with van der Waals surface area (Å²) in [7, 11) is 1.64. The van der Waals surface area contributed by atoms with Gasteiger partial charge in [0.2, 0.25) is 0 Å². The van der Waals surface area contributed by atoms with E-state index in [4.69, 9.17) is 4.74 Å². The highest BCUT2D eigenvalue weighted by Crippen LogP contribution is 2.05. The van der Waals surface area contributed by atoms with Gasteiger partial charge in [-0.25, -0.2) is 9.78 Å². The summed E-state index contributed by atoms with van der Waals surface area (Å²) >= 11 is 0. The van der Waals surface area contributed by atoms with Crippen LogP contribution in [0.2, 0.25) is 0 Å². The Kier molecular flexibility index (Phi) is 6.17. The molecule has 1 aromatic carbocycles. The molecule has 2 amide bonds.